The molecule has 5 nitrogen and oxygen atoms in total. The maximum absolute atomic E-state index is 10.6. The van der Waals surface area contributed by atoms with Crippen LogP contribution in [0.3, 0.4) is 0 Å². The minimum atomic E-state index is -0.403. The van der Waals surface area contributed by atoms with Crippen molar-refractivity contribution in [3.8, 4) is 0 Å². The number of nitrogens with two attached hydrogens (primary N) is 1. The van der Waals surface area contributed by atoms with E-state index in [4.69, 9.17) is 10.6 Å². The van der Waals surface area contributed by atoms with Gasteiger partial charge in [-0.25, -0.2) is 4.79 Å². The van der Waals surface area contributed by atoms with Crippen molar-refractivity contribution in [1.29, 1.82) is 0 Å². The van der Waals surface area contributed by atoms with Crippen LogP contribution in [-0.2, 0) is 4.84 Å². The monoisotopic (exact) mass is 157 g/mol. The molecule has 0 aromatic carbocycles. The number of urea groups is 1. The number of carbonyl (C=O) groups is 1. The van der Waals surface area contributed by atoms with Crippen molar-refractivity contribution >= 4 is 12.7 Å². The molecule has 0 bridgehead atoms. The fraction of sp³-hybridized carbons (Fsp3) is 0.667. The van der Waals surface area contributed by atoms with E-state index in [-0.39, 0.29) is 6.10 Å². The van der Waals surface area contributed by atoms with Gasteiger partial charge in [-0.3, -0.25) is 0 Å². The summed E-state index contributed by atoms with van der Waals surface area (Å²) in [5, 5.41) is 3.28. The summed E-state index contributed by atoms with van der Waals surface area (Å²) in [6, 6.07) is -0.403. The van der Waals surface area contributed by atoms with Crippen molar-refractivity contribution in [2.75, 3.05) is 13.1 Å². The average Bonchev–Trinajstić information content (AvgIpc) is 2.37. The number of amides is 2. The molecule has 0 aliphatic carbocycles. The molecule has 0 aromatic heterocycles. The summed E-state index contributed by atoms with van der Waals surface area (Å²) in [7, 11) is 0. The summed E-state index contributed by atoms with van der Waals surface area (Å²) in [4.78, 5) is 17.0. The molecule has 0 radical (unpaired) electrons. The molecule has 1 atom stereocenters. The van der Waals surface area contributed by atoms with E-state index in [1.807, 2.05) is 0 Å². The lowest BCUT2D eigenvalue weighted by molar-refractivity contribution is 0.0696. The zero-order valence-electron chi connectivity index (χ0n) is 6.19. The van der Waals surface area contributed by atoms with E-state index < -0.39 is 6.03 Å². The van der Waals surface area contributed by atoms with Gasteiger partial charge >= 0.3 is 6.03 Å². The summed E-state index contributed by atoms with van der Waals surface area (Å²) >= 11 is 0. The first-order valence-corrected chi connectivity index (χ1v) is 3.40. The molecule has 1 fully saturated rings. The number of likely N-dealkylation sites (tertiary alicyclic amines) is 1. The molecule has 1 aliphatic rings. The Labute approximate surface area is 64.8 Å². The molecule has 1 aliphatic heterocycles. The predicted molar refractivity (Wildman–Crippen MR) is 40.2 cm³/mol. The Morgan fingerprint density at radius 1 is 1.82 bits per heavy atom. The van der Waals surface area contributed by atoms with E-state index in [1.54, 1.807) is 0 Å². The van der Waals surface area contributed by atoms with Gasteiger partial charge in [0.05, 0.1) is 6.54 Å². The lowest BCUT2D eigenvalue weighted by Crippen LogP contribution is -2.34. The first-order chi connectivity index (χ1) is 5.24. The Morgan fingerprint density at radius 3 is 3.00 bits per heavy atom. The summed E-state index contributed by atoms with van der Waals surface area (Å²) < 4.78 is 0. The maximum atomic E-state index is 10.6. The Balaban J connectivity index is 2.34. The highest BCUT2D eigenvalue weighted by Gasteiger charge is 2.25. The van der Waals surface area contributed by atoms with Crippen molar-refractivity contribution < 1.29 is 9.63 Å². The molecule has 0 aromatic rings. The van der Waals surface area contributed by atoms with E-state index in [2.05, 4.69) is 11.9 Å². The Hall–Kier alpha value is -1.26. The molecule has 2 amide bonds. The van der Waals surface area contributed by atoms with Crippen molar-refractivity contribution in [2.45, 2.75) is 12.5 Å². The van der Waals surface area contributed by atoms with Gasteiger partial charge in [0, 0.05) is 19.7 Å². The standard InChI is InChI=1S/C6H11N3O2/c1-8-11-5-2-3-9(4-5)6(7)10/h5H,1-4H2,(H2,7,10)/t5-/m1/s1. The van der Waals surface area contributed by atoms with Gasteiger partial charge in [0.15, 0.2) is 0 Å². The molecule has 2 N–H and O–H groups in total. The normalized spacial score (nSPS) is 23.3. The van der Waals surface area contributed by atoms with E-state index in [0.29, 0.717) is 13.1 Å². The van der Waals surface area contributed by atoms with Crippen LogP contribution in [-0.4, -0.2) is 36.8 Å². The summed E-state index contributed by atoms with van der Waals surface area (Å²) in [5.41, 5.74) is 5.04. The van der Waals surface area contributed by atoms with Gasteiger partial charge in [0.2, 0.25) is 0 Å². The van der Waals surface area contributed by atoms with Crippen LogP contribution >= 0.6 is 0 Å². The maximum Gasteiger partial charge on any atom is 0.314 e. The molecule has 0 unspecified atom stereocenters. The lowest BCUT2D eigenvalue weighted by atomic mass is 10.3. The summed E-state index contributed by atoms with van der Waals surface area (Å²) in [6.07, 6.45) is 0.752. The van der Waals surface area contributed by atoms with Crippen LogP contribution in [0.2, 0.25) is 0 Å². The number of oxime groups is 1. The molecule has 5 heteroatoms. The van der Waals surface area contributed by atoms with Crippen molar-refractivity contribution in [1.82, 2.24) is 4.90 Å². The zero-order valence-corrected chi connectivity index (χ0v) is 6.19. The van der Waals surface area contributed by atoms with Gasteiger partial charge in [-0.05, 0) is 0 Å². The zero-order chi connectivity index (χ0) is 8.27. The SMILES string of the molecule is C=NO[C@@H]1CCN(C(N)=O)C1. The molecule has 1 rings (SSSR count). The van der Waals surface area contributed by atoms with Gasteiger partial charge in [-0.15, -0.1) is 5.16 Å². The number of hydrogen-bond acceptors (Lipinski definition) is 3. The third-order valence-corrected chi connectivity index (χ3v) is 1.68. The van der Waals surface area contributed by atoms with Gasteiger partial charge < -0.3 is 15.5 Å². The molecular formula is C6H11N3O2. The molecule has 11 heavy (non-hydrogen) atoms. The number of nitrogens with zero attached hydrogens (tertiary/aromatic N) is 2. The third kappa shape index (κ3) is 1.83. The second-order valence-electron chi connectivity index (χ2n) is 2.43. The quantitative estimate of drug-likeness (QED) is 0.444. The largest absolute Gasteiger partial charge is 0.391 e. The van der Waals surface area contributed by atoms with Gasteiger partial charge in [0.1, 0.15) is 6.10 Å². The summed E-state index contributed by atoms with van der Waals surface area (Å²) in [5.74, 6) is 0. The first kappa shape index (κ1) is 7.84. The highest BCUT2D eigenvalue weighted by molar-refractivity contribution is 5.72. The second-order valence-corrected chi connectivity index (χ2v) is 2.43. The minimum Gasteiger partial charge on any atom is -0.391 e. The molecule has 1 heterocycles. The highest BCUT2D eigenvalue weighted by Crippen LogP contribution is 2.11. The number of hydrogen-bond donors (Lipinski definition) is 1. The van der Waals surface area contributed by atoms with Crippen LogP contribution in [0.15, 0.2) is 5.16 Å². The topological polar surface area (TPSA) is 67.9 Å². The van der Waals surface area contributed by atoms with Crippen LogP contribution < -0.4 is 5.73 Å². The molecule has 0 saturated carbocycles. The van der Waals surface area contributed by atoms with Crippen molar-refractivity contribution in [2.24, 2.45) is 10.9 Å². The van der Waals surface area contributed by atoms with Crippen LogP contribution in [0.4, 0.5) is 4.79 Å². The molecule has 62 valence electrons. The van der Waals surface area contributed by atoms with Gasteiger partial charge in [-0.1, -0.05) is 0 Å². The Morgan fingerprint density at radius 2 is 2.55 bits per heavy atom. The van der Waals surface area contributed by atoms with E-state index in [0.717, 1.165) is 6.42 Å². The van der Waals surface area contributed by atoms with Crippen LogP contribution in [0.5, 0.6) is 0 Å². The smallest absolute Gasteiger partial charge is 0.314 e. The van der Waals surface area contributed by atoms with Gasteiger partial charge in [0.25, 0.3) is 0 Å². The van der Waals surface area contributed by atoms with Crippen LogP contribution in [0.25, 0.3) is 0 Å². The van der Waals surface area contributed by atoms with Gasteiger partial charge in [-0.2, -0.15) is 0 Å². The van der Waals surface area contributed by atoms with Crippen LogP contribution in [0, 0.1) is 0 Å². The number of primary amides is 1. The van der Waals surface area contributed by atoms with Crippen LogP contribution in [0.1, 0.15) is 6.42 Å². The van der Waals surface area contributed by atoms with Crippen molar-refractivity contribution in [3.63, 3.8) is 0 Å². The first-order valence-electron chi connectivity index (χ1n) is 3.40. The summed E-state index contributed by atoms with van der Waals surface area (Å²) in [6.45, 7) is 4.36. The third-order valence-electron chi connectivity index (χ3n) is 1.68. The lowest BCUT2D eigenvalue weighted by Gasteiger charge is -2.11. The predicted octanol–water partition coefficient (Wildman–Crippen LogP) is -0.228. The minimum absolute atomic E-state index is 0.0278. The second kappa shape index (κ2) is 3.23. The molecule has 1 saturated heterocycles. The number of rotatable bonds is 2. The number of carbonyl (C=O) groups excluding carboxylic acids is 1. The van der Waals surface area contributed by atoms with E-state index in [1.165, 1.54) is 4.90 Å². The Bertz CT molecular complexity index is 171. The van der Waals surface area contributed by atoms with E-state index in [9.17, 15) is 4.79 Å². The highest BCUT2D eigenvalue weighted by atomic mass is 16.6. The fourth-order valence-electron chi connectivity index (χ4n) is 1.12. The van der Waals surface area contributed by atoms with Crippen molar-refractivity contribution in [3.05, 3.63) is 0 Å². The van der Waals surface area contributed by atoms with E-state index >= 15 is 0 Å². The molecular weight excluding hydrogens is 146 g/mol. The average molecular weight is 157 g/mol. The fourth-order valence-corrected chi connectivity index (χ4v) is 1.12. The Kier molecular flexibility index (Phi) is 2.30. The molecule has 0 spiro atoms.